The standard InChI is InChI=1S/C25H27N3O3/c1-17-8-9-18(2)28(17)21-12-10-20(11-13-21)26-25(30)22-14-15-24(29)27(22)16-19-6-4-5-7-23(19)31-3/h4-13,22H,14-16H2,1-3H3,(H,26,30). The van der Waals surface area contributed by atoms with Gasteiger partial charge in [0.1, 0.15) is 11.8 Å². The highest BCUT2D eigenvalue weighted by atomic mass is 16.5. The molecule has 1 saturated heterocycles. The number of aryl methyl sites for hydroxylation is 2. The first kappa shape index (κ1) is 20.7. The number of nitrogens with zero attached hydrogens (tertiary/aromatic N) is 2. The van der Waals surface area contributed by atoms with E-state index in [2.05, 4.69) is 35.9 Å². The summed E-state index contributed by atoms with van der Waals surface area (Å²) in [5.74, 6) is 0.536. The number of hydrogen-bond acceptors (Lipinski definition) is 3. The van der Waals surface area contributed by atoms with E-state index in [9.17, 15) is 9.59 Å². The fraction of sp³-hybridized carbons (Fsp3) is 0.280. The van der Waals surface area contributed by atoms with Crippen molar-refractivity contribution in [3.8, 4) is 11.4 Å². The lowest BCUT2D eigenvalue weighted by Crippen LogP contribution is -2.41. The quantitative estimate of drug-likeness (QED) is 0.653. The van der Waals surface area contributed by atoms with Gasteiger partial charge in [0.25, 0.3) is 0 Å². The van der Waals surface area contributed by atoms with E-state index in [4.69, 9.17) is 4.74 Å². The number of nitrogens with one attached hydrogen (secondary N) is 1. The minimum absolute atomic E-state index is 0.0139. The highest BCUT2D eigenvalue weighted by Gasteiger charge is 2.36. The zero-order valence-electron chi connectivity index (χ0n) is 18.1. The van der Waals surface area contributed by atoms with Crippen LogP contribution in [0.2, 0.25) is 0 Å². The molecule has 31 heavy (non-hydrogen) atoms. The van der Waals surface area contributed by atoms with Crippen molar-refractivity contribution < 1.29 is 14.3 Å². The van der Waals surface area contributed by atoms with Crippen LogP contribution in [0.3, 0.4) is 0 Å². The Morgan fingerprint density at radius 2 is 1.71 bits per heavy atom. The summed E-state index contributed by atoms with van der Waals surface area (Å²) in [6.07, 6.45) is 0.887. The third kappa shape index (κ3) is 4.19. The molecule has 1 aliphatic rings. The van der Waals surface area contributed by atoms with E-state index >= 15 is 0 Å². The molecule has 1 fully saturated rings. The van der Waals surface area contributed by atoms with E-state index in [-0.39, 0.29) is 11.8 Å². The molecule has 1 N–H and O–H groups in total. The third-order valence-electron chi connectivity index (χ3n) is 5.83. The molecule has 1 aliphatic heterocycles. The summed E-state index contributed by atoms with van der Waals surface area (Å²) in [6.45, 7) is 4.48. The van der Waals surface area contributed by atoms with Gasteiger partial charge >= 0.3 is 0 Å². The lowest BCUT2D eigenvalue weighted by Gasteiger charge is -2.25. The average Bonchev–Trinajstić information content (AvgIpc) is 3.31. The van der Waals surface area contributed by atoms with Crippen LogP contribution in [0, 0.1) is 13.8 Å². The number of rotatable bonds is 6. The summed E-state index contributed by atoms with van der Waals surface area (Å²) in [6, 6.07) is 19.0. The van der Waals surface area contributed by atoms with E-state index in [1.165, 1.54) is 0 Å². The van der Waals surface area contributed by atoms with E-state index in [1.54, 1.807) is 12.0 Å². The van der Waals surface area contributed by atoms with Crippen molar-refractivity contribution in [1.29, 1.82) is 0 Å². The Bertz CT molecular complexity index is 1080. The molecule has 1 atom stereocenters. The van der Waals surface area contributed by atoms with Crippen LogP contribution >= 0.6 is 0 Å². The second-order valence-corrected chi connectivity index (χ2v) is 7.88. The lowest BCUT2D eigenvalue weighted by molar-refractivity contribution is -0.133. The van der Waals surface area contributed by atoms with Crippen LogP contribution in [0.25, 0.3) is 5.69 Å². The van der Waals surface area contributed by atoms with Gasteiger partial charge < -0.3 is 19.5 Å². The molecule has 1 aromatic heterocycles. The molecule has 4 rings (SSSR count). The number of ether oxygens (including phenoxy) is 1. The summed E-state index contributed by atoms with van der Waals surface area (Å²) in [4.78, 5) is 27.1. The SMILES string of the molecule is COc1ccccc1CN1C(=O)CCC1C(=O)Nc1ccc(-n2c(C)ccc2C)cc1. The zero-order valence-corrected chi connectivity index (χ0v) is 18.1. The molecule has 2 heterocycles. The minimum atomic E-state index is -0.494. The van der Waals surface area contributed by atoms with E-state index < -0.39 is 6.04 Å². The summed E-state index contributed by atoms with van der Waals surface area (Å²) in [5, 5.41) is 2.98. The smallest absolute Gasteiger partial charge is 0.247 e. The van der Waals surface area contributed by atoms with Gasteiger partial charge in [-0.25, -0.2) is 0 Å². The number of para-hydroxylation sites is 1. The topological polar surface area (TPSA) is 63.6 Å². The molecule has 1 unspecified atom stereocenters. The predicted molar refractivity (Wildman–Crippen MR) is 120 cm³/mol. The van der Waals surface area contributed by atoms with Gasteiger partial charge in [-0.05, 0) is 62.7 Å². The van der Waals surface area contributed by atoms with Gasteiger partial charge in [-0.15, -0.1) is 0 Å². The van der Waals surface area contributed by atoms with Gasteiger partial charge in [0.05, 0.1) is 13.7 Å². The number of carbonyl (C=O) groups excluding carboxylic acids is 2. The molecule has 6 nitrogen and oxygen atoms in total. The van der Waals surface area contributed by atoms with Crippen molar-refractivity contribution in [2.45, 2.75) is 39.3 Å². The van der Waals surface area contributed by atoms with Crippen LogP contribution in [-0.4, -0.2) is 34.4 Å². The summed E-state index contributed by atoms with van der Waals surface area (Å²) in [7, 11) is 1.61. The molecule has 2 aromatic carbocycles. The van der Waals surface area contributed by atoms with Crippen molar-refractivity contribution in [2.24, 2.45) is 0 Å². The van der Waals surface area contributed by atoms with Crippen LogP contribution in [-0.2, 0) is 16.1 Å². The molecule has 2 amide bonds. The van der Waals surface area contributed by atoms with Crippen molar-refractivity contribution in [3.05, 3.63) is 77.6 Å². The largest absolute Gasteiger partial charge is 0.496 e. The number of carbonyl (C=O) groups is 2. The molecule has 0 radical (unpaired) electrons. The Kier molecular flexibility index (Phi) is 5.80. The molecule has 0 aliphatic carbocycles. The number of benzene rings is 2. The van der Waals surface area contributed by atoms with Crippen LogP contribution in [0.5, 0.6) is 5.75 Å². The maximum atomic E-state index is 13.0. The second-order valence-electron chi connectivity index (χ2n) is 7.88. The van der Waals surface area contributed by atoms with Gasteiger partial charge in [0, 0.05) is 34.7 Å². The van der Waals surface area contributed by atoms with E-state index in [1.807, 2.05) is 48.5 Å². The molecule has 160 valence electrons. The van der Waals surface area contributed by atoms with Crippen molar-refractivity contribution in [3.63, 3.8) is 0 Å². The zero-order chi connectivity index (χ0) is 22.0. The Labute approximate surface area is 182 Å². The van der Waals surface area contributed by atoms with Crippen LogP contribution < -0.4 is 10.1 Å². The number of amides is 2. The molecular formula is C25H27N3O3. The highest BCUT2D eigenvalue weighted by Crippen LogP contribution is 2.27. The van der Waals surface area contributed by atoms with Crippen molar-refractivity contribution >= 4 is 17.5 Å². The molecule has 3 aromatic rings. The molecule has 0 spiro atoms. The van der Waals surface area contributed by atoms with Crippen molar-refractivity contribution in [2.75, 3.05) is 12.4 Å². The second kappa shape index (κ2) is 8.68. The average molecular weight is 418 g/mol. The molecule has 0 bridgehead atoms. The minimum Gasteiger partial charge on any atom is -0.496 e. The van der Waals surface area contributed by atoms with Gasteiger partial charge in [-0.3, -0.25) is 9.59 Å². The summed E-state index contributed by atoms with van der Waals surface area (Å²) in [5.41, 5.74) is 4.97. The Hall–Kier alpha value is -3.54. The maximum absolute atomic E-state index is 13.0. The van der Waals surface area contributed by atoms with Crippen molar-refractivity contribution in [1.82, 2.24) is 9.47 Å². The third-order valence-corrected chi connectivity index (χ3v) is 5.83. The van der Waals surface area contributed by atoms with Gasteiger partial charge in [0.15, 0.2) is 0 Å². The van der Waals surface area contributed by atoms with Crippen LogP contribution in [0.4, 0.5) is 5.69 Å². The maximum Gasteiger partial charge on any atom is 0.247 e. The lowest BCUT2D eigenvalue weighted by atomic mass is 10.1. The van der Waals surface area contributed by atoms with Gasteiger partial charge in [-0.1, -0.05) is 18.2 Å². The summed E-state index contributed by atoms with van der Waals surface area (Å²) < 4.78 is 7.56. The number of methoxy groups -OCH3 is 1. The first-order valence-electron chi connectivity index (χ1n) is 10.5. The Morgan fingerprint density at radius 3 is 2.39 bits per heavy atom. The highest BCUT2D eigenvalue weighted by molar-refractivity contribution is 5.99. The predicted octanol–water partition coefficient (Wildman–Crippen LogP) is 4.23. The first-order chi connectivity index (χ1) is 15.0. The molecule has 0 saturated carbocycles. The summed E-state index contributed by atoms with van der Waals surface area (Å²) >= 11 is 0. The molecule has 6 heteroatoms. The van der Waals surface area contributed by atoms with E-state index in [0.717, 1.165) is 22.6 Å². The molecular weight excluding hydrogens is 390 g/mol. The Balaban J connectivity index is 1.48. The van der Waals surface area contributed by atoms with Gasteiger partial charge in [-0.2, -0.15) is 0 Å². The fourth-order valence-corrected chi connectivity index (χ4v) is 4.22. The monoisotopic (exact) mass is 417 g/mol. The van der Waals surface area contributed by atoms with Gasteiger partial charge in [0.2, 0.25) is 11.8 Å². The van der Waals surface area contributed by atoms with Crippen LogP contribution in [0.15, 0.2) is 60.7 Å². The number of aromatic nitrogens is 1. The number of hydrogen-bond donors (Lipinski definition) is 1. The first-order valence-corrected chi connectivity index (χ1v) is 10.5. The van der Waals surface area contributed by atoms with E-state index in [0.29, 0.717) is 30.8 Å². The Morgan fingerprint density at radius 1 is 1.03 bits per heavy atom. The normalized spacial score (nSPS) is 15.9. The number of likely N-dealkylation sites (tertiary alicyclic amines) is 1. The fourth-order valence-electron chi connectivity index (χ4n) is 4.22. The van der Waals surface area contributed by atoms with Crippen LogP contribution in [0.1, 0.15) is 29.8 Å². The number of anilines is 1.